The molecule has 1 N–H and O–H groups in total. The highest BCUT2D eigenvalue weighted by Gasteiger charge is 2.54. The molecule has 2 aliphatic rings. The lowest BCUT2D eigenvalue weighted by Crippen LogP contribution is -2.63. The molecule has 1 aromatic carbocycles. The van der Waals surface area contributed by atoms with Crippen molar-refractivity contribution in [3.8, 4) is 5.75 Å². The van der Waals surface area contributed by atoms with E-state index in [1.54, 1.807) is 12.1 Å². The Hall–Kier alpha value is -1.55. The fourth-order valence-corrected chi connectivity index (χ4v) is 3.97. The van der Waals surface area contributed by atoms with Gasteiger partial charge in [0.15, 0.2) is 0 Å². The molecule has 2 aliphatic heterocycles. The molecule has 21 heavy (non-hydrogen) atoms. The number of carbonyl (C=O) groups is 1. The van der Waals surface area contributed by atoms with Crippen LogP contribution >= 0.6 is 0 Å². The van der Waals surface area contributed by atoms with Crippen LogP contribution in [-0.2, 0) is 4.79 Å². The molecular formula is C17H24N2O2. The fourth-order valence-electron chi connectivity index (χ4n) is 3.97. The maximum atomic E-state index is 10.9. The van der Waals surface area contributed by atoms with E-state index in [0.29, 0.717) is 23.2 Å². The van der Waals surface area contributed by atoms with E-state index in [4.69, 9.17) is 0 Å². The Kier molecular flexibility index (Phi) is 3.66. The van der Waals surface area contributed by atoms with Crippen molar-refractivity contribution in [3.05, 3.63) is 29.8 Å². The van der Waals surface area contributed by atoms with Crippen molar-refractivity contribution in [2.75, 3.05) is 19.6 Å². The highest BCUT2D eigenvalue weighted by atomic mass is 16.3. The van der Waals surface area contributed by atoms with E-state index in [2.05, 4.69) is 18.7 Å². The summed E-state index contributed by atoms with van der Waals surface area (Å²) >= 11 is 0. The normalized spacial score (nSPS) is 25.1. The Balaban J connectivity index is 1.85. The number of piperidine rings is 1. The first-order valence-corrected chi connectivity index (χ1v) is 7.80. The van der Waals surface area contributed by atoms with Crippen LogP contribution in [0.15, 0.2) is 24.3 Å². The first-order chi connectivity index (χ1) is 10.1. The first-order valence-electron chi connectivity index (χ1n) is 7.80. The molecule has 3 rings (SSSR count). The van der Waals surface area contributed by atoms with Crippen molar-refractivity contribution in [2.45, 2.75) is 38.8 Å². The Morgan fingerprint density at radius 3 is 2.38 bits per heavy atom. The Morgan fingerprint density at radius 1 is 1.24 bits per heavy atom. The summed E-state index contributed by atoms with van der Waals surface area (Å²) in [6, 6.07) is 8.57. The van der Waals surface area contributed by atoms with Crippen molar-refractivity contribution in [1.82, 2.24) is 9.80 Å². The summed E-state index contributed by atoms with van der Waals surface area (Å²) in [6.45, 7) is 7.32. The monoisotopic (exact) mass is 288 g/mol. The van der Waals surface area contributed by atoms with E-state index in [1.807, 2.05) is 17.0 Å². The number of carbonyl (C=O) groups excluding carboxylic acids is 1. The molecule has 1 spiro atoms. The van der Waals surface area contributed by atoms with Crippen LogP contribution in [0.2, 0.25) is 0 Å². The number of phenols is 1. The molecule has 1 atom stereocenters. The topological polar surface area (TPSA) is 43.8 Å². The molecule has 0 saturated carbocycles. The lowest BCUT2D eigenvalue weighted by molar-refractivity contribution is -0.139. The van der Waals surface area contributed by atoms with Crippen LogP contribution in [0.3, 0.4) is 0 Å². The summed E-state index contributed by atoms with van der Waals surface area (Å²) in [7, 11) is 0. The van der Waals surface area contributed by atoms with E-state index in [9.17, 15) is 9.90 Å². The minimum absolute atomic E-state index is 0.292. The van der Waals surface area contributed by atoms with Gasteiger partial charge in [0.25, 0.3) is 0 Å². The number of amides is 1. The standard InChI is InChI=1S/C17H24N2O2/c1-13(2)19-11-17(7-9-18(12-20)10-8-17)16(19)14-3-5-15(21)6-4-14/h3-6,12-13,16,21H,7-11H2,1-2H3. The van der Waals surface area contributed by atoms with Crippen molar-refractivity contribution in [2.24, 2.45) is 5.41 Å². The number of nitrogens with zero attached hydrogens (tertiary/aromatic N) is 2. The highest BCUT2D eigenvalue weighted by molar-refractivity contribution is 5.47. The Morgan fingerprint density at radius 2 is 1.86 bits per heavy atom. The third-order valence-electron chi connectivity index (χ3n) is 5.22. The molecule has 1 unspecified atom stereocenters. The summed E-state index contributed by atoms with van der Waals surface area (Å²) in [5.74, 6) is 0.319. The predicted octanol–water partition coefficient (Wildman–Crippen LogP) is 2.40. The second-order valence-corrected chi connectivity index (χ2v) is 6.76. The van der Waals surface area contributed by atoms with E-state index in [1.165, 1.54) is 5.56 Å². The van der Waals surface area contributed by atoms with Gasteiger partial charge in [-0.25, -0.2) is 0 Å². The number of phenolic OH excluding ortho intramolecular Hbond substituents is 1. The molecule has 2 heterocycles. The maximum absolute atomic E-state index is 10.9. The Labute approximate surface area is 126 Å². The number of hydrogen-bond acceptors (Lipinski definition) is 3. The van der Waals surface area contributed by atoms with Crippen molar-refractivity contribution in [3.63, 3.8) is 0 Å². The SMILES string of the molecule is CC(C)N1CC2(CCN(C=O)CC2)C1c1ccc(O)cc1. The van der Waals surface area contributed by atoms with Gasteiger partial charge in [0.05, 0.1) is 0 Å². The van der Waals surface area contributed by atoms with Gasteiger partial charge in [-0.1, -0.05) is 12.1 Å². The molecule has 114 valence electrons. The van der Waals surface area contributed by atoms with Gasteiger partial charge in [-0.05, 0) is 44.4 Å². The number of likely N-dealkylation sites (tertiary alicyclic amines) is 2. The molecule has 0 aromatic heterocycles. The molecule has 1 amide bonds. The van der Waals surface area contributed by atoms with Gasteiger partial charge in [0.2, 0.25) is 6.41 Å². The van der Waals surface area contributed by atoms with Crippen LogP contribution in [0.5, 0.6) is 5.75 Å². The van der Waals surface area contributed by atoms with Gasteiger partial charge < -0.3 is 10.0 Å². The van der Waals surface area contributed by atoms with Crippen LogP contribution in [0.25, 0.3) is 0 Å². The van der Waals surface area contributed by atoms with Crippen LogP contribution in [0, 0.1) is 5.41 Å². The number of hydrogen-bond donors (Lipinski definition) is 1. The first kappa shape index (κ1) is 14.4. The van der Waals surface area contributed by atoms with E-state index in [0.717, 1.165) is 38.9 Å². The maximum Gasteiger partial charge on any atom is 0.209 e. The fraction of sp³-hybridized carbons (Fsp3) is 0.588. The zero-order valence-electron chi connectivity index (χ0n) is 12.8. The molecule has 2 saturated heterocycles. The van der Waals surface area contributed by atoms with Crippen molar-refractivity contribution >= 4 is 6.41 Å². The summed E-state index contributed by atoms with van der Waals surface area (Å²) in [5, 5.41) is 9.51. The molecule has 4 nitrogen and oxygen atoms in total. The molecular weight excluding hydrogens is 264 g/mol. The minimum Gasteiger partial charge on any atom is -0.508 e. The molecule has 0 radical (unpaired) electrons. The number of aromatic hydroxyl groups is 1. The van der Waals surface area contributed by atoms with Gasteiger partial charge in [0.1, 0.15) is 5.75 Å². The average molecular weight is 288 g/mol. The second kappa shape index (κ2) is 5.34. The van der Waals surface area contributed by atoms with Gasteiger partial charge in [-0.15, -0.1) is 0 Å². The van der Waals surface area contributed by atoms with Crippen LogP contribution in [0.4, 0.5) is 0 Å². The molecule has 0 bridgehead atoms. The summed E-state index contributed by atoms with van der Waals surface area (Å²) in [6.07, 6.45) is 3.11. The molecule has 2 fully saturated rings. The van der Waals surface area contributed by atoms with E-state index in [-0.39, 0.29) is 0 Å². The highest BCUT2D eigenvalue weighted by Crippen LogP contribution is 2.55. The van der Waals surface area contributed by atoms with Crippen molar-refractivity contribution < 1.29 is 9.90 Å². The van der Waals surface area contributed by atoms with Crippen LogP contribution in [0.1, 0.15) is 38.3 Å². The van der Waals surface area contributed by atoms with Crippen LogP contribution in [-0.4, -0.2) is 47.0 Å². The predicted molar refractivity (Wildman–Crippen MR) is 82.0 cm³/mol. The smallest absolute Gasteiger partial charge is 0.209 e. The lowest BCUT2D eigenvalue weighted by Gasteiger charge is -2.62. The average Bonchev–Trinajstić information content (AvgIpc) is 2.47. The minimum atomic E-state index is 0.292. The third kappa shape index (κ3) is 2.42. The van der Waals surface area contributed by atoms with Crippen molar-refractivity contribution in [1.29, 1.82) is 0 Å². The summed E-state index contributed by atoms with van der Waals surface area (Å²) in [5.41, 5.74) is 1.58. The van der Waals surface area contributed by atoms with Crippen LogP contribution < -0.4 is 0 Å². The molecule has 4 heteroatoms. The van der Waals surface area contributed by atoms with Gasteiger partial charge >= 0.3 is 0 Å². The second-order valence-electron chi connectivity index (χ2n) is 6.76. The molecule has 1 aromatic rings. The zero-order chi connectivity index (χ0) is 15.0. The number of benzene rings is 1. The Bertz CT molecular complexity index is 504. The zero-order valence-corrected chi connectivity index (χ0v) is 12.8. The van der Waals surface area contributed by atoms with Gasteiger partial charge in [-0.3, -0.25) is 9.69 Å². The van der Waals surface area contributed by atoms with E-state index < -0.39 is 0 Å². The lowest BCUT2D eigenvalue weighted by atomic mass is 9.62. The quantitative estimate of drug-likeness (QED) is 0.869. The van der Waals surface area contributed by atoms with E-state index >= 15 is 0 Å². The largest absolute Gasteiger partial charge is 0.508 e. The molecule has 0 aliphatic carbocycles. The summed E-state index contributed by atoms with van der Waals surface area (Å²) in [4.78, 5) is 15.3. The summed E-state index contributed by atoms with van der Waals surface area (Å²) < 4.78 is 0. The number of rotatable bonds is 3. The van der Waals surface area contributed by atoms with Gasteiger partial charge in [-0.2, -0.15) is 0 Å². The third-order valence-corrected chi connectivity index (χ3v) is 5.22. The van der Waals surface area contributed by atoms with Gasteiger partial charge in [0, 0.05) is 37.1 Å².